The summed E-state index contributed by atoms with van der Waals surface area (Å²) < 4.78 is 0. The number of aromatic nitrogens is 1. The van der Waals surface area contributed by atoms with Gasteiger partial charge in [0.05, 0.1) is 6.61 Å². The molecule has 0 saturated carbocycles. The maximum absolute atomic E-state index is 8.65. The van der Waals surface area contributed by atoms with E-state index in [-0.39, 0.29) is 6.61 Å². The Balaban J connectivity index is 2.17. The van der Waals surface area contributed by atoms with Crippen molar-refractivity contribution < 1.29 is 5.11 Å². The van der Waals surface area contributed by atoms with Crippen molar-refractivity contribution in [1.29, 1.82) is 0 Å². The highest BCUT2D eigenvalue weighted by Gasteiger charge is 1.97. The Morgan fingerprint density at radius 1 is 1.50 bits per heavy atom. The second-order valence-electron chi connectivity index (χ2n) is 3.00. The maximum Gasteiger partial charge on any atom is 0.0558 e. The molecule has 0 radical (unpaired) electrons. The molecule has 3 nitrogen and oxygen atoms in total. The summed E-state index contributed by atoms with van der Waals surface area (Å²) in [7, 11) is 2.02. The number of hydrogen-bond acceptors (Lipinski definition) is 2. The van der Waals surface area contributed by atoms with Gasteiger partial charge in [-0.15, -0.1) is 0 Å². The average molecular weight is 168 g/mol. The van der Waals surface area contributed by atoms with Gasteiger partial charge in [-0.05, 0) is 25.1 Å². The van der Waals surface area contributed by atoms with E-state index in [0.717, 1.165) is 19.5 Å². The highest BCUT2D eigenvalue weighted by Crippen LogP contribution is 1.98. The van der Waals surface area contributed by atoms with Gasteiger partial charge >= 0.3 is 0 Å². The normalized spacial score (nSPS) is 10.9. The van der Waals surface area contributed by atoms with E-state index in [0.29, 0.717) is 0 Å². The number of hydrogen-bond donors (Lipinski definition) is 2. The van der Waals surface area contributed by atoms with Gasteiger partial charge in [0, 0.05) is 25.5 Å². The van der Waals surface area contributed by atoms with E-state index in [2.05, 4.69) is 16.0 Å². The Morgan fingerprint density at radius 2 is 2.33 bits per heavy atom. The van der Waals surface area contributed by atoms with E-state index < -0.39 is 0 Å². The lowest BCUT2D eigenvalue weighted by Crippen LogP contribution is -2.24. The molecule has 0 aliphatic rings. The number of nitrogens with one attached hydrogen (secondary N) is 1. The molecule has 0 atom stereocenters. The molecular weight excluding hydrogens is 152 g/mol. The van der Waals surface area contributed by atoms with Crippen LogP contribution < -0.4 is 0 Å². The van der Waals surface area contributed by atoms with Crippen LogP contribution in [0.2, 0.25) is 0 Å². The molecule has 2 N–H and O–H groups in total. The molecule has 1 rings (SSSR count). The van der Waals surface area contributed by atoms with E-state index in [4.69, 9.17) is 5.11 Å². The van der Waals surface area contributed by atoms with E-state index in [1.807, 2.05) is 19.4 Å². The van der Waals surface area contributed by atoms with Crippen molar-refractivity contribution in [3.63, 3.8) is 0 Å². The molecule has 0 amide bonds. The highest BCUT2D eigenvalue weighted by atomic mass is 16.3. The fourth-order valence-electron chi connectivity index (χ4n) is 1.12. The Morgan fingerprint density at radius 3 is 2.92 bits per heavy atom. The molecule has 0 aliphatic carbocycles. The van der Waals surface area contributed by atoms with Crippen molar-refractivity contribution in [2.45, 2.75) is 6.42 Å². The lowest BCUT2D eigenvalue weighted by Gasteiger charge is -2.13. The van der Waals surface area contributed by atoms with Gasteiger partial charge in [0.1, 0.15) is 0 Å². The number of H-pyrrole nitrogens is 1. The van der Waals surface area contributed by atoms with Crippen molar-refractivity contribution in [1.82, 2.24) is 9.88 Å². The molecule has 0 bridgehead atoms. The van der Waals surface area contributed by atoms with Gasteiger partial charge in [-0.2, -0.15) is 0 Å². The molecule has 1 aromatic heterocycles. The highest BCUT2D eigenvalue weighted by molar-refractivity contribution is 5.08. The smallest absolute Gasteiger partial charge is 0.0558 e. The minimum atomic E-state index is 0.240. The van der Waals surface area contributed by atoms with Crippen LogP contribution in [0.3, 0.4) is 0 Å². The zero-order chi connectivity index (χ0) is 8.81. The van der Waals surface area contributed by atoms with Crippen LogP contribution in [0.4, 0.5) is 0 Å². The van der Waals surface area contributed by atoms with Gasteiger partial charge < -0.3 is 15.0 Å². The summed E-state index contributed by atoms with van der Waals surface area (Å²) >= 11 is 0. The van der Waals surface area contributed by atoms with Crippen molar-refractivity contribution >= 4 is 0 Å². The number of likely N-dealkylation sites (N-methyl/N-ethyl adjacent to an activating group) is 1. The third-order valence-electron chi connectivity index (χ3n) is 1.93. The molecule has 0 aliphatic heterocycles. The van der Waals surface area contributed by atoms with Gasteiger partial charge in [0.15, 0.2) is 0 Å². The molecular formula is C9H16N2O. The standard InChI is InChI=1S/C9H16N2O/c1-11(6-7-12)5-3-9-2-4-10-8-9/h2,4,8,10,12H,3,5-7H2,1H3. The summed E-state index contributed by atoms with van der Waals surface area (Å²) in [5.41, 5.74) is 1.32. The van der Waals surface area contributed by atoms with E-state index in [1.165, 1.54) is 5.56 Å². The summed E-state index contributed by atoms with van der Waals surface area (Å²) in [5, 5.41) is 8.65. The van der Waals surface area contributed by atoms with Crippen LogP contribution in [0, 0.1) is 0 Å². The van der Waals surface area contributed by atoms with Gasteiger partial charge in [-0.1, -0.05) is 0 Å². The number of rotatable bonds is 5. The zero-order valence-electron chi connectivity index (χ0n) is 7.45. The Bertz CT molecular complexity index is 196. The van der Waals surface area contributed by atoms with Gasteiger partial charge in [0.2, 0.25) is 0 Å². The van der Waals surface area contributed by atoms with Crippen molar-refractivity contribution in [3.05, 3.63) is 24.0 Å². The summed E-state index contributed by atoms with van der Waals surface area (Å²) in [5.74, 6) is 0. The van der Waals surface area contributed by atoms with Crippen LogP contribution in [-0.4, -0.2) is 41.7 Å². The molecule has 3 heteroatoms. The largest absolute Gasteiger partial charge is 0.395 e. The first-order valence-corrected chi connectivity index (χ1v) is 4.24. The summed E-state index contributed by atoms with van der Waals surface area (Å²) in [6, 6.07) is 2.08. The number of nitrogens with zero attached hydrogens (tertiary/aromatic N) is 1. The minimum absolute atomic E-state index is 0.240. The first-order chi connectivity index (χ1) is 5.83. The van der Waals surface area contributed by atoms with Gasteiger partial charge in [-0.25, -0.2) is 0 Å². The van der Waals surface area contributed by atoms with E-state index in [1.54, 1.807) is 0 Å². The van der Waals surface area contributed by atoms with Crippen molar-refractivity contribution in [2.24, 2.45) is 0 Å². The second-order valence-corrected chi connectivity index (χ2v) is 3.00. The predicted molar refractivity (Wildman–Crippen MR) is 49.1 cm³/mol. The molecule has 68 valence electrons. The third-order valence-corrected chi connectivity index (χ3v) is 1.93. The van der Waals surface area contributed by atoms with Crippen LogP contribution in [0.15, 0.2) is 18.5 Å². The third kappa shape index (κ3) is 3.07. The molecule has 0 unspecified atom stereocenters. The lowest BCUT2D eigenvalue weighted by molar-refractivity contribution is 0.223. The van der Waals surface area contributed by atoms with Gasteiger partial charge in [-0.3, -0.25) is 0 Å². The Labute approximate surface area is 73.0 Å². The van der Waals surface area contributed by atoms with Crippen LogP contribution in [0.25, 0.3) is 0 Å². The Kier molecular flexibility index (Phi) is 3.84. The van der Waals surface area contributed by atoms with E-state index >= 15 is 0 Å². The topological polar surface area (TPSA) is 39.3 Å². The minimum Gasteiger partial charge on any atom is -0.395 e. The number of aliphatic hydroxyl groups is 1. The van der Waals surface area contributed by atoms with Crippen LogP contribution in [0.5, 0.6) is 0 Å². The molecule has 0 spiro atoms. The average Bonchev–Trinajstić information content (AvgIpc) is 2.53. The summed E-state index contributed by atoms with van der Waals surface area (Å²) in [6.45, 7) is 1.99. The predicted octanol–water partition coefficient (Wildman–Crippen LogP) is 0.481. The van der Waals surface area contributed by atoms with Crippen LogP contribution in [0.1, 0.15) is 5.56 Å². The molecule has 1 heterocycles. The fourth-order valence-corrected chi connectivity index (χ4v) is 1.12. The van der Waals surface area contributed by atoms with E-state index in [9.17, 15) is 0 Å². The molecule has 0 saturated heterocycles. The first-order valence-electron chi connectivity index (χ1n) is 4.24. The maximum atomic E-state index is 8.65. The van der Waals surface area contributed by atoms with Crippen molar-refractivity contribution in [2.75, 3.05) is 26.7 Å². The summed E-state index contributed by atoms with van der Waals surface area (Å²) in [6.07, 6.45) is 4.98. The zero-order valence-corrected chi connectivity index (χ0v) is 7.45. The Hall–Kier alpha value is -0.800. The first kappa shape index (κ1) is 9.29. The van der Waals surface area contributed by atoms with Crippen LogP contribution >= 0.6 is 0 Å². The molecule has 1 aromatic rings. The van der Waals surface area contributed by atoms with Crippen LogP contribution in [-0.2, 0) is 6.42 Å². The fraction of sp³-hybridized carbons (Fsp3) is 0.556. The monoisotopic (exact) mass is 168 g/mol. The summed E-state index contributed by atoms with van der Waals surface area (Å²) in [4.78, 5) is 5.14. The second kappa shape index (κ2) is 4.95. The molecule has 12 heavy (non-hydrogen) atoms. The SMILES string of the molecule is CN(CCO)CCc1cc[nH]c1. The number of aliphatic hydroxyl groups excluding tert-OH is 1. The lowest BCUT2D eigenvalue weighted by atomic mass is 10.2. The van der Waals surface area contributed by atoms with Gasteiger partial charge in [0.25, 0.3) is 0 Å². The quantitative estimate of drug-likeness (QED) is 0.671. The number of aromatic amines is 1. The molecule has 0 fully saturated rings. The van der Waals surface area contributed by atoms with Crippen molar-refractivity contribution in [3.8, 4) is 0 Å². The molecule has 0 aromatic carbocycles.